The standard InChI is InChI=1S/C17H21N5/c1-17(16-8-4-5-11-18-16)19-21-22(20-17)15-10-9-13-6-2-3-7-14(13)12-15/h8-12,20H,2-7H2,1H3. The molecule has 1 aliphatic carbocycles. The van der Waals surface area contributed by atoms with Crippen molar-refractivity contribution in [2.75, 3.05) is 5.12 Å². The van der Waals surface area contributed by atoms with E-state index in [1.807, 2.05) is 13.1 Å². The van der Waals surface area contributed by atoms with Crippen LogP contribution in [0, 0.1) is 0 Å². The summed E-state index contributed by atoms with van der Waals surface area (Å²) in [5.41, 5.74) is 7.74. The number of aryl methyl sites for hydroxylation is 2. The molecule has 1 unspecified atom stereocenters. The van der Waals surface area contributed by atoms with Crippen LogP contribution in [0.4, 0.5) is 5.69 Å². The molecule has 5 heteroatoms. The van der Waals surface area contributed by atoms with Gasteiger partial charge in [0.15, 0.2) is 5.66 Å². The number of benzene rings is 1. The average Bonchev–Trinajstić information content (AvgIpc) is 2.99. The third-order valence-electron chi connectivity index (χ3n) is 4.60. The highest BCUT2D eigenvalue weighted by Crippen LogP contribution is 2.32. The molecule has 0 saturated heterocycles. The largest absolute Gasteiger partial charge is 0.262 e. The van der Waals surface area contributed by atoms with Crippen LogP contribution in [0.1, 0.15) is 43.7 Å². The second-order valence-corrected chi connectivity index (χ2v) is 6.32. The van der Waals surface area contributed by atoms with E-state index in [4.69, 9.17) is 0 Å². The molecular weight excluding hydrogens is 274 g/mol. The van der Waals surface area contributed by atoms with Gasteiger partial charge in [0.05, 0.1) is 11.4 Å². The summed E-state index contributed by atoms with van der Waals surface area (Å²) in [6.45, 7) is 2.02. The minimum atomic E-state index is -0.563. The van der Waals surface area contributed by atoms with E-state index >= 15 is 0 Å². The number of hydrazine groups is 1. The van der Waals surface area contributed by atoms with Crippen molar-refractivity contribution in [1.82, 2.24) is 5.43 Å². The summed E-state index contributed by atoms with van der Waals surface area (Å²) in [4.78, 5) is 4.47. The maximum absolute atomic E-state index is 4.47. The van der Waals surface area contributed by atoms with E-state index in [1.165, 1.54) is 36.8 Å². The Morgan fingerprint density at radius 1 is 1.14 bits per heavy atom. The fraction of sp³-hybridized carbons (Fsp3) is 0.471. The molecule has 0 spiro atoms. The second kappa shape index (κ2) is 5.32. The first-order valence-corrected chi connectivity index (χ1v) is 8.10. The lowest BCUT2D eigenvalue weighted by Crippen LogP contribution is -2.45. The summed E-state index contributed by atoms with van der Waals surface area (Å²) in [6, 6.07) is 6.60. The first-order valence-electron chi connectivity index (χ1n) is 8.10. The van der Waals surface area contributed by atoms with Crippen LogP contribution in [0.15, 0.2) is 45.3 Å². The molecule has 0 aromatic heterocycles. The van der Waals surface area contributed by atoms with E-state index in [-0.39, 0.29) is 0 Å². The molecule has 5 nitrogen and oxygen atoms in total. The Morgan fingerprint density at radius 2 is 2.00 bits per heavy atom. The van der Waals surface area contributed by atoms with Gasteiger partial charge >= 0.3 is 0 Å². The van der Waals surface area contributed by atoms with Gasteiger partial charge in [-0.15, -0.1) is 5.11 Å². The number of hydrogen-bond acceptors (Lipinski definition) is 5. The summed E-state index contributed by atoms with van der Waals surface area (Å²) in [5, 5.41) is 10.5. The normalized spacial score (nSPS) is 27.0. The van der Waals surface area contributed by atoms with Gasteiger partial charge in [0.1, 0.15) is 0 Å². The smallest absolute Gasteiger partial charge is 0.191 e. The molecule has 2 heterocycles. The molecule has 0 fully saturated rings. The molecule has 2 aliphatic heterocycles. The Hall–Kier alpha value is -2.01. The Kier molecular flexibility index (Phi) is 3.30. The molecule has 0 radical (unpaired) electrons. The number of aliphatic imine (C=N–C) groups is 1. The van der Waals surface area contributed by atoms with Crippen molar-refractivity contribution in [3.8, 4) is 0 Å². The van der Waals surface area contributed by atoms with Gasteiger partial charge in [-0.2, -0.15) is 10.5 Å². The van der Waals surface area contributed by atoms with Gasteiger partial charge in [-0.1, -0.05) is 17.4 Å². The first kappa shape index (κ1) is 13.6. The number of nitrogens with zero attached hydrogens (tertiary/aromatic N) is 4. The minimum absolute atomic E-state index is 0.563. The average molecular weight is 295 g/mol. The maximum atomic E-state index is 4.47. The van der Waals surface area contributed by atoms with Crippen molar-refractivity contribution < 1.29 is 0 Å². The number of allylic oxidation sites excluding steroid dienone is 1. The SMILES string of the molecule is CC1(C2=CCCC=N2)N=NN(c2ccc3c(c2)CCCC3)N1. The number of anilines is 1. The van der Waals surface area contributed by atoms with Crippen LogP contribution in [-0.4, -0.2) is 11.9 Å². The van der Waals surface area contributed by atoms with E-state index < -0.39 is 5.66 Å². The lowest BCUT2D eigenvalue weighted by molar-refractivity contribution is 0.467. The third kappa shape index (κ3) is 2.35. The lowest BCUT2D eigenvalue weighted by atomic mass is 9.91. The molecule has 1 aromatic carbocycles. The number of nitrogens with one attached hydrogen (secondary N) is 1. The van der Waals surface area contributed by atoms with Crippen LogP contribution < -0.4 is 10.5 Å². The fourth-order valence-electron chi connectivity index (χ4n) is 3.30. The molecule has 1 aromatic rings. The van der Waals surface area contributed by atoms with Gasteiger partial charge in [-0.3, -0.25) is 4.99 Å². The van der Waals surface area contributed by atoms with Crippen LogP contribution in [0.2, 0.25) is 0 Å². The molecule has 22 heavy (non-hydrogen) atoms. The summed E-state index contributed by atoms with van der Waals surface area (Å²) in [6.07, 6.45) is 11.1. The van der Waals surface area contributed by atoms with Crippen molar-refractivity contribution in [3.05, 3.63) is 41.1 Å². The molecule has 4 rings (SSSR count). The quantitative estimate of drug-likeness (QED) is 0.904. The summed E-state index contributed by atoms with van der Waals surface area (Å²) in [7, 11) is 0. The van der Waals surface area contributed by atoms with Crippen molar-refractivity contribution in [2.45, 2.75) is 51.1 Å². The number of rotatable bonds is 2. The van der Waals surface area contributed by atoms with E-state index in [0.717, 1.165) is 24.2 Å². The van der Waals surface area contributed by atoms with Crippen molar-refractivity contribution in [2.24, 2.45) is 15.3 Å². The van der Waals surface area contributed by atoms with E-state index in [9.17, 15) is 0 Å². The zero-order valence-corrected chi connectivity index (χ0v) is 12.9. The third-order valence-corrected chi connectivity index (χ3v) is 4.60. The Balaban J connectivity index is 1.57. The van der Waals surface area contributed by atoms with E-state index in [2.05, 4.69) is 45.0 Å². The van der Waals surface area contributed by atoms with Gasteiger partial charge < -0.3 is 0 Å². The van der Waals surface area contributed by atoms with Crippen LogP contribution in [-0.2, 0) is 12.8 Å². The highest BCUT2D eigenvalue weighted by molar-refractivity contribution is 5.61. The van der Waals surface area contributed by atoms with Gasteiger partial charge in [-0.05, 0) is 68.7 Å². The second-order valence-electron chi connectivity index (χ2n) is 6.32. The molecule has 3 aliphatic rings. The van der Waals surface area contributed by atoms with Crippen LogP contribution in [0.5, 0.6) is 0 Å². The van der Waals surface area contributed by atoms with Crippen molar-refractivity contribution >= 4 is 11.9 Å². The van der Waals surface area contributed by atoms with E-state index in [0.29, 0.717) is 0 Å². The van der Waals surface area contributed by atoms with Crippen LogP contribution in [0.3, 0.4) is 0 Å². The molecule has 114 valence electrons. The fourth-order valence-corrected chi connectivity index (χ4v) is 3.30. The van der Waals surface area contributed by atoms with Crippen molar-refractivity contribution in [3.63, 3.8) is 0 Å². The Labute approximate surface area is 130 Å². The highest BCUT2D eigenvalue weighted by Gasteiger charge is 2.36. The van der Waals surface area contributed by atoms with Crippen molar-refractivity contribution in [1.29, 1.82) is 0 Å². The predicted octanol–water partition coefficient (Wildman–Crippen LogP) is 3.72. The first-order chi connectivity index (χ1) is 10.7. The molecular formula is C17H21N5. The lowest BCUT2D eigenvalue weighted by Gasteiger charge is -2.25. The number of hydrogen-bond donors (Lipinski definition) is 1. The van der Waals surface area contributed by atoms with E-state index in [1.54, 1.807) is 5.12 Å². The predicted molar refractivity (Wildman–Crippen MR) is 87.8 cm³/mol. The van der Waals surface area contributed by atoms with Gasteiger partial charge in [-0.25, -0.2) is 0 Å². The summed E-state index contributed by atoms with van der Waals surface area (Å²) in [5.74, 6) is 0. The Bertz CT molecular complexity index is 676. The summed E-state index contributed by atoms with van der Waals surface area (Å²) < 4.78 is 0. The van der Waals surface area contributed by atoms with Gasteiger partial charge in [0, 0.05) is 6.21 Å². The summed E-state index contributed by atoms with van der Waals surface area (Å²) >= 11 is 0. The Morgan fingerprint density at radius 3 is 2.82 bits per heavy atom. The molecule has 0 saturated carbocycles. The highest BCUT2D eigenvalue weighted by atomic mass is 15.8. The molecule has 0 amide bonds. The van der Waals surface area contributed by atoms with Gasteiger partial charge in [0.2, 0.25) is 0 Å². The minimum Gasteiger partial charge on any atom is -0.262 e. The maximum Gasteiger partial charge on any atom is 0.191 e. The number of fused-ring (bicyclic) bond motifs is 1. The zero-order chi connectivity index (χ0) is 15.0. The molecule has 0 bridgehead atoms. The molecule has 1 atom stereocenters. The molecule has 1 N–H and O–H groups in total. The van der Waals surface area contributed by atoms with Crippen LogP contribution >= 0.6 is 0 Å². The topological polar surface area (TPSA) is 52.4 Å². The zero-order valence-electron chi connectivity index (χ0n) is 12.9. The van der Waals surface area contributed by atoms with Crippen LogP contribution in [0.25, 0.3) is 0 Å². The monoisotopic (exact) mass is 295 g/mol. The van der Waals surface area contributed by atoms with Gasteiger partial charge in [0.25, 0.3) is 0 Å².